The van der Waals surface area contributed by atoms with Gasteiger partial charge in [0.1, 0.15) is 5.82 Å². The summed E-state index contributed by atoms with van der Waals surface area (Å²) < 4.78 is 14.1. The zero-order chi connectivity index (χ0) is 19.7. The van der Waals surface area contributed by atoms with Crippen LogP contribution in [0.4, 0.5) is 4.39 Å². The lowest BCUT2D eigenvalue weighted by molar-refractivity contribution is -0.131. The minimum absolute atomic E-state index is 0.0442. The Morgan fingerprint density at radius 3 is 2.54 bits per heavy atom. The first kappa shape index (κ1) is 18.8. The SMILES string of the molecule is Cc1ccc(-c2nc(C)sc2CC(=O)N(Cc2ccccc2F)C2CC2)cc1. The van der Waals surface area contributed by atoms with E-state index in [9.17, 15) is 9.18 Å². The molecule has 0 N–H and O–H groups in total. The van der Waals surface area contributed by atoms with Crippen LogP contribution in [0.3, 0.4) is 0 Å². The number of carbonyl (C=O) groups is 1. The average Bonchev–Trinajstić information content (AvgIpc) is 3.44. The molecule has 1 amide bonds. The van der Waals surface area contributed by atoms with Gasteiger partial charge in [-0.3, -0.25) is 4.79 Å². The van der Waals surface area contributed by atoms with Gasteiger partial charge in [-0.15, -0.1) is 11.3 Å². The highest BCUT2D eigenvalue weighted by atomic mass is 32.1. The molecule has 0 saturated heterocycles. The third-order valence-corrected chi connectivity index (χ3v) is 6.02. The fourth-order valence-electron chi connectivity index (χ4n) is 3.38. The fraction of sp³-hybridized carbons (Fsp3) is 0.304. The summed E-state index contributed by atoms with van der Waals surface area (Å²) in [7, 11) is 0. The van der Waals surface area contributed by atoms with Gasteiger partial charge in [-0.1, -0.05) is 48.0 Å². The second-order valence-electron chi connectivity index (χ2n) is 7.39. The van der Waals surface area contributed by atoms with Crippen molar-refractivity contribution in [1.82, 2.24) is 9.88 Å². The van der Waals surface area contributed by atoms with Gasteiger partial charge in [0.2, 0.25) is 5.91 Å². The number of aryl methyl sites for hydroxylation is 2. The number of nitrogens with zero attached hydrogens (tertiary/aromatic N) is 2. The molecule has 0 spiro atoms. The summed E-state index contributed by atoms with van der Waals surface area (Å²) in [5, 5.41) is 0.949. The number of hydrogen-bond acceptors (Lipinski definition) is 3. The fourth-order valence-corrected chi connectivity index (χ4v) is 4.33. The third-order valence-electron chi connectivity index (χ3n) is 5.05. The molecule has 28 heavy (non-hydrogen) atoms. The quantitative estimate of drug-likeness (QED) is 0.568. The van der Waals surface area contributed by atoms with Gasteiger partial charge in [0, 0.05) is 28.6 Å². The summed E-state index contributed by atoms with van der Waals surface area (Å²) in [6.45, 7) is 4.35. The van der Waals surface area contributed by atoms with E-state index >= 15 is 0 Å². The molecule has 0 atom stereocenters. The molecule has 1 aliphatic carbocycles. The molecule has 0 unspecified atom stereocenters. The molecule has 144 valence electrons. The summed E-state index contributed by atoms with van der Waals surface area (Å²) >= 11 is 1.57. The summed E-state index contributed by atoms with van der Waals surface area (Å²) in [6.07, 6.45) is 2.29. The molecule has 1 fully saturated rings. The molecule has 0 bridgehead atoms. The van der Waals surface area contributed by atoms with Gasteiger partial charge < -0.3 is 4.90 Å². The van der Waals surface area contributed by atoms with Crippen LogP contribution in [0.15, 0.2) is 48.5 Å². The molecule has 1 saturated carbocycles. The Kier molecular flexibility index (Phi) is 5.27. The molecule has 5 heteroatoms. The lowest BCUT2D eigenvalue weighted by Crippen LogP contribution is -2.34. The monoisotopic (exact) mass is 394 g/mol. The molecular formula is C23H23FN2OS. The Morgan fingerprint density at radius 2 is 1.86 bits per heavy atom. The highest BCUT2D eigenvalue weighted by Crippen LogP contribution is 2.32. The van der Waals surface area contributed by atoms with Gasteiger partial charge in [0.25, 0.3) is 0 Å². The van der Waals surface area contributed by atoms with Crippen molar-refractivity contribution in [2.45, 2.75) is 45.7 Å². The number of carbonyl (C=O) groups excluding carboxylic acids is 1. The largest absolute Gasteiger partial charge is 0.335 e. The van der Waals surface area contributed by atoms with E-state index in [2.05, 4.69) is 36.2 Å². The predicted octanol–water partition coefficient (Wildman–Crippen LogP) is 5.30. The van der Waals surface area contributed by atoms with Crippen LogP contribution in [0.1, 0.15) is 33.9 Å². The minimum Gasteiger partial charge on any atom is -0.335 e. The van der Waals surface area contributed by atoms with Crippen molar-refractivity contribution < 1.29 is 9.18 Å². The van der Waals surface area contributed by atoms with Gasteiger partial charge >= 0.3 is 0 Å². The highest BCUT2D eigenvalue weighted by molar-refractivity contribution is 7.12. The Labute approximate surface area is 168 Å². The summed E-state index contributed by atoms with van der Waals surface area (Å²) in [5.74, 6) is -0.210. The van der Waals surface area contributed by atoms with Crippen LogP contribution in [0.25, 0.3) is 11.3 Å². The number of benzene rings is 2. The van der Waals surface area contributed by atoms with Crippen LogP contribution in [-0.4, -0.2) is 21.8 Å². The van der Waals surface area contributed by atoms with E-state index in [0.717, 1.165) is 34.0 Å². The van der Waals surface area contributed by atoms with Crippen molar-refractivity contribution >= 4 is 17.2 Å². The van der Waals surface area contributed by atoms with Crippen LogP contribution in [0, 0.1) is 19.7 Å². The lowest BCUT2D eigenvalue weighted by atomic mass is 10.1. The lowest BCUT2D eigenvalue weighted by Gasteiger charge is -2.23. The maximum atomic E-state index is 14.1. The third kappa shape index (κ3) is 4.14. The number of thiazole rings is 1. The molecule has 4 rings (SSSR count). The average molecular weight is 395 g/mol. The van der Waals surface area contributed by atoms with E-state index in [1.54, 1.807) is 23.5 Å². The van der Waals surface area contributed by atoms with Crippen molar-refractivity contribution in [2.24, 2.45) is 0 Å². The van der Waals surface area contributed by atoms with Crippen molar-refractivity contribution in [3.63, 3.8) is 0 Å². The molecule has 1 aliphatic rings. The standard InChI is InChI=1S/C23H23FN2OS/c1-15-7-9-17(10-8-15)23-21(28-16(2)25-23)13-22(27)26(19-11-12-19)14-18-5-3-4-6-20(18)24/h3-10,19H,11-14H2,1-2H3. The number of aromatic nitrogens is 1. The molecule has 1 heterocycles. The van der Waals surface area contributed by atoms with Crippen molar-refractivity contribution in [2.75, 3.05) is 0 Å². The van der Waals surface area contributed by atoms with E-state index < -0.39 is 0 Å². The molecule has 2 aromatic carbocycles. The van der Waals surface area contributed by atoms with Gasteiger partial charge in [0.05, 0.1) is 17.1 Å². The Morgan fingerprint density at radius 1 is 1.14 bits per heavy atom. The van der Waals surface area contributed by atoms with Crippen LogP contribution < -0.4 is 0 Å². The number of halogens is 1. The van der Waals surface area contributed by atoms with Gasteiger partial charge in [0.15, 0.2) is 0 Å². The Balaban J connectivity index is 1.57. The molecule has 3 nitrogen and oxygen atoms in total. The van der Waals surface area contributed by atoms with Crippen LogP contribution in [0.5, 0.6) is 0 Å². The number of rotatable bonds is 6. The van der Waals surface area contributed by atoms with E-state index in [0.29, 0.717) is 18.5 Å². The molecule has 0 radical (unpaired) electrons. The van der Waals surface area contributed by atoms with E-state index in [-0.39, 0.29) is 17.8 Å². The maximum Gasteiger partial charge on any atom is 0.228 e. The number of hydrogen-bond donors (Lipinski definition) is 0. The smallest absolute Gasteiger partial charge is 0.228 e. The topological polar surface area (TPSA) is 33.2 Å². The first-order valence-corrected chi connectivity index (χ1v) is 10.4. The summed E-state index contributed by atoms with van der Waals surface area (Å²) in [5.41, 5.74) is 3.68. The van der Waals surface area contributed by atoms with E-state index in [4.69, 9.17) is 0 Å². The van der Waals surface area contributed by atoms with Crippen LogP contribution in [-0.2, 0) is 17.8 Å². The van der Waals surface area contributed by atoms with Crippen molar-refractivity contribution in [3.05, 3.63) is 75.4 Å². The minimum atomic E-state index is -0.255. The van der Waals surface area contributed by atoms with Gasteiger partial charge in [-0.25, -0.2) is 9.37 Å². The summed E-state index contributed by atoms with van der Waals surface area (Å²) in [6, 6.07) is 15.1. The Bertz CT molecular complexity index is 992. The molecule has 1 aromatic heterocycles. The zero-order valence-electron chi connectivity index (χ0n) is 16.1. The van der Waals surface area contributed by atoms with Crippen molar-refractivity contribution in [1.29, 1.82) is 0 Å². The van der Waals surface area contributed by atoms with Crippen LogP contribution >= 0.6 is 11.3 Å². The van der Waals surface area contributed by atoms with E-state index in [1.807, 2.05) is 17.9 Å². The normalized spacial score (nSPS) is 13.5. The second kappa shape index (κ2) is 7.84. The summed E-state index contributed by atoms with van der Waals surface area (Å²) in [4.78, 5) is 20.6. The van der Waals surface area contributed by atoms with Crippen LogP contribution in [0.2, 0.25) is 0 Å². The van der Waals surface area contributed by atoms with Crippen molar-refractivity contribution in [3.8, 4) is 11.3 Å². The molecule has 0 aliphatic heterocycles. The number of amides is 1. The molecule has 3 aromatic rings. The first-order chi connectivity index (χ1) is 13.5. The van der Waals surface area contributed by atoms with Gasteiger partial charge in [-0.05, 0) is 32.8 Å². The maximum absolute atomic E-state index is 14.1. The first-order valence-electron chi connectivity index (χ1n) is 9.57. The zero-order valence-corrected chi connectivity index (χ0v) is 16.9. The highest BCUT2D eigenvalue weighted by Gasteiger charge is 2.33. The second-order valence-corrected chi connectivity index (χ2v) is 8.68. The predicted molar refractivity (Wildman–Crippen MR) is 111 cm³/mol. The molecular weight excluding hydrogens is 371 g/mol. The van der Waals surface area contributed by atoms with Gasteiger partial charge in [-0.2, -0.15) is 0 Å². The Hall–Kier alpha value is -2.53. The van der Waals surface area contributed by atoms with E-state index in [1.165, 1.54) is 11.6 Å².